The van der Waals surface area contributed by atoms with Crippen LogP contribution in [0.2, 0.25) is 0 Å². The summed E-state index contributed by atoms with van der Waals surface area (Å²) in [6, 6.07) is 2.72. The molecule has 2 aromatic rings. The third-order valence-electron chi connectivity index (χ3n) is 2.76. The number of carbonyl (C=O) groups is 1. The molecule has 0 bridgehead atoms. The smallest absolute Gasteiger partial charge is 0.261 e. The van der Waals surface area contributed by atoms with Crippen LogP contribution in [0.3, 0.4) is 0 Å². The Kier molecular flexibility index (Phi) is 3.58. The van der Waals surface area contributed by atoms with E-state index in [0.29, 0.717) is 18.3 Å². The van der Waals surface area contributed by atoms with Crippen LogP contribution in [0.4, 0.5) is 5.69 Å². The number of benzene rings is 1. The van der Waals surface area contributed by atoms with Crippen molar-refractivity contribution in [2.24, 2.45) is 0 Å². The summed E-state index contributed by atoms with van der Waals surface area (Å²) in [4.78, 5) is 27.2. The molecule has 0 aliphatic carbocycles. The fourth-order valence-electron chi connectivity index (χ4n) is 1.83. The van der Waals surface area contributed by atoms with Crippen LogP contribution in [0.1, 0.15) is 17.3 Å². The zero-order valence-corrected chi connectivity index (χ0v) is 11.8. The SMILES string of the molecule is CCn1cnc2cc(NS(C)(=O)=O)c(C=O)cc2c1=O. The highest BCUT2D eigenvalue weighted by Gasteiger charge is 2.12. The topological polar surface area (TPSA) is 98.1 Å². The molecule has 8 heteroatoms. The van der Waals surface area contributed by atoms with Gasteiger partial charge in [0.25, 0.3) is 5.56 Å². The number of hydrogen-bond donors (Lipinski definition) is 1. The van der Waals surface area contributed by atoms with Crippen LogP contribution in [0, 0.1) is 0 Å². The van der Waals surface area contributed by atoms with E-state index in [1.807, 2.05) is 0 Å². The van der Waals surface area contributed by atoms with E-state index >= 15 is 0 Å². The minimum atomic E-state index is -3.52. The van der Waals surface area contributed by atoms with E-state index in [9.17, 15) is 18.0 Å². The molecule has 0 atom stereocenters. The molecule has 2 rings (SSSR count). The molecular formula is C12H13N3O4S. The molecule has 20 heavy (non-hydrogen) atoms. The molecule has 0 unspecified atom stereocenters. The zero-order valence-electron chi connectivity index (χ0n) is 11.0. The summed E-state index contributed by atoms with van der Waals surface area (Å²) in [5.74, 6) is 0. The molecule has 0 aliphatic rings. The van der Waals surface area contributed by atoms with Gasteiger partial charge in [0, 0.05) is 12.1 Å². The van der Waals surface area contributed by atoms with Gasteiger partial charge in [-0.05, 0) is 19.1 Å². The van der Waals surface area contributed by atoms with Gasteiger partial charge >= 0.3 is 0 Å². The van der Waals surface area contributed by atoms with Crippen molar-refractivity contribution in [3.63, 3.8) is 0 Å². The standard InChI is InChI=1S/C12H13N3O4S/c1-3-15-7-13-11-5-10(14-20(2,18)19)8(6-16)4-9(11)12(15)17/h4-7,14H,3H2,1-2H3. The van der Waals surface area contributed by atoms with Gasteiger partial charge in [-0.15, -0.1) is 0 Å². The van der Waals surface area contributed by atoms with Crippen molar-refractivity contribution in [1.82, 2.24) is 9.55 Å². The molecule has 0 radical (unpaired) electrons. The lowest BCUT2D eigenvalue weighted by Gasteiger charge is -2.09. The highest BCUT2D eigenvalue weighted by Crippen LogP contribution is 2.20. The second-order valence-electron chi connectivity index (χ2n) is 4.28. The summed E-state index contributed by atoms with van der Waals surface area (Å²) in [5.41, 5.74) is 0.259. The summed E-state index contributed by atoms with van der Waals surface area (Å²) in [5, 5.41) is 0.274. The van der Waals surface area contributed by atoms with Crippen molar-refractivity contribution in [1.29, 1.82) is 0 Å². The summed E-state index contributed by atoms with van der Waals surface area (Å²) < 4.78 is 26.2. The molecule has 1 N–H and O–H groups in total. The van der Waals surface area contributed by atoms with Gasteiger partial charge < -0.3 is 0 Å². The molecule has 0 fully saturated rings. The molecule has 1 aromatic carbocycles. The second kappa shape index (κ2) is 5.04. The number of hydrogen-bond acceptors (Lipinski definition) is 5. The lowest BCUT2D eigenvalue weighted by Crippen LogP contribution is -2.20. The number of anilines is 1. The normalized spacial score (nSPS) is 11.5. The lowest BCUT2D eigenvalue weighted by molar-refractivity contribution is 0.112. The van der Waals surface area contributed by atoms with Crippen molar-refractivity contribution in [2.75, 3.05) is 11.0 Å². The summed E-state index contributed by atoms with van der Waals surface area (Å²) in [6.07, 6.45) is 2.86. The van der Waals surface area contributed by atoms with Crippen LogP contribution >= 0.6 is 0 Å². The maximum atomic E-state index is 12.1. The van der Waals surface area contributed by atoms with Crippen molar-refractivity contribution in [3.8, 4) is 0 Å². The maximum absolute atomic E-state index is 12.1. The Balaban J connectivity index is 2.75. The number of nitrogens with one attached hydrogen (secondary N) is 1. The zero-order chi connectivity index (χ0) is 14.9. The number of aromatic nitrogens is 2. The molecule has 0 amide bonds. The number of rotatable bonds is 4. The van der Waals surface area contributed by atoms with Crippen molar-refractivity contribution in [2.45, 2.75) is 13.5 Å². The monoisotopic (exact) mass is 295 g/mol. The highest BCUT2D eigenvalue weighted by molar-refractivity contribution is 7.92. The Morgan fingerprint density at radius 3 is 2.65 bits per heavy atom. The van der Waals surface area contributed by atoms with Gasteiger partial charge in [0.05, 0.1) is 29.2 Å². The van der Waals surface area contributed by atoms with Crippen LogP contribution in [0.25, 0.3) is 10.9 Å². The first-order chi connectivity index (χ1) is 9.35. The van der Waals surface area contributed by atoms with Crippen LogP contribution in [-0.2, 0) is 16.6 Å². The van der Waals surface area contributed by atoms with E-state index in [-0.39, 0.29) is 22.2 Å². The summed E-state index contributed by atoms with van der Waals surface area (Å²) in [6.45, 7) is 2.26. The third-order valence-corrected chi connectivity index (χ3v) is 3.35. The number of nitrogens with zero attached hydrogens (tertiary/aromatic N) is 2. The number of sulfonamides is 1. The first-order valence-corrected chi connectivity index (χ1v) is 7.71. The van der Waals surface area contributed by atoms with Crippen LogP contribution in [-0.4, -0.2) is 30.5 Å². The Morgan fingerprint density at radius 1 is 1.40 bits per heavy atom. The van der Waals surface area contributed by atoms with Gasteiger partial charge in [-0.2, -0.15) is 0 Å². The van der Waals surface area contributed by atoms with Gasteiger partial charge in [0.15, 0.2) is 6.29 Å². The number of fused-ring (bicyclic) bond motifs is 1. The summed E-state index contributed by atoms with van der Waals surface area (Å²) in [7, 11) is -3.52. The average Bonchev–Trinajstić information content (AvgIpc) is 2.37. The second-order valence-corrected chi connectivity index (χ2v) is 6.03. The van der Waals surface area contributed by atoms with Crippen molar-refractivity contribution < 1.29 is 13.2 Å². The van der Waals surface area contributed by atoms with Crippen molar-refractivity contribution >= 4 is 32.9 Å². The molecule has 0 saturated heterocycles. The average molecular weight is 295 g/mol. The molecule has 106 valence electrons. The van der Waals surface area contributed by atoms with E-state index in [2.05, 4.69) is 9.71 Å². The van der Waals surface area contributed by atoms with Crippen LogP contribution < -0.4 is 10.3 Å². The summed E-state index contributed by atoms with van der Waals surface area (Å²) >= 11 is 0. The molecular weight excluding hydrogens is 282 g/mol. The Hall–Kier alpha value is -2.22. The predicted molar refractivity (Wildman–Crippen MR) is 75.5 cm³/mol. The minimum Gasteiger partial charge on any atom is -0.299 e. The number of carbonyl (C=O) groups excluding carboxylic acids is 1. The third kappa shape index (κ3) is 2.69. The Labute approximate surface area is 115 Å². The van der Waals surface area contributed by atoms with Gasteiger partial charge in [0.1, 0.15) is 0 Å². The van der Waals surface area contributed by atoms with Gasteiger partial charge in [-0.3, -0.25) is 18.9 Å². The predicted octanol–water partition coefficient (Wildman–Crippen LogP) is 0.600. The molecule has 0 saturated carbocycles. The van der Waals surface area contributed by atoms with E-state index in [0.717, 1.165) is 6.26 Å². The van der Waals surface area contributed by atoms with Gasteiger partial charge in [-0.1, -0.05) is 0 Å². The number of aryl methyl sites for hydroxylation is 1. The fourth-order valence-corrected chi connectivity index (χ4v) is 2.41. The first-order valence-electron chi connectivity index (χ1n) is 5.82. The minimum absolute atomic E-state index is 0.0932. The van der Waals surface area contributed by atoms with E-state index < -0.39 is 10.0 Å². The fraction of sp³-hybridized carbons (Fsp3) is 0.250. The molecule has 1 aromatic heterocycles. The largest absolute Gasteiger partial charge is 0.299 e. The Morgan fingerprint density at radius 2 is 2.10 bits per heavy atom. The van der Waals surface area contributed by atoms with E-state index in [4.69, 9.17) is 0 Å². The lowest BCUT2D eigenvalue weighted by atomic mass is 10.1. The van der Waals surface area contributed by atoms with Gasteiger partial charge in [0.2, 0.25) is 10.0 Å². The molecule has 0 spiro atoms. The molecule has 1 heterocycles. The maximum Gasteiger partial charge on any atom is 0.261 e. The molecule has 0 aliphatic heterocycles. The molecule has 7 nitrogen and oxygen atoms in total. The Bertz CT molecular complexity index is 840. The van der Waals surface area contributed by atoms with Crippen LogP contribution in [0.5, 0.6) is 0 Å². The van der Waals surface area contributed by atoms with E-state index in [1.54, 1.807) is 6.92 Å². The van der Waals surface area contributed by atoms with Gasteiger partial charge in [-0.25, -0.2) is 13.4 Å². The van der Waals surface area contributed by atoms with Crippen molar-refractivity contribution in [3.05, 3.63) is 34.4 Å². The quantitative estimate of drug-likeness (QED) is 0.833. The first kappa shape index (κ1) is 14.2. The number of aldehydes is 1. The van der Waals surface area contributed by atoms with E-state index in [1.165, 1.54) is 23.0 Å². The highest BCUT2D eigenvalue weighted by atomic mass is 32.2. The van der Waals surface area contributed by atoms with Crippen LogP contribution in [0.15, 0.2) is 23.3 Å².